The van der Waals surface area contributed by atoms with Crippen molar-refractivity contribution in [3.8, 4) is 0 Å². The number of alkyl halides is 4. The van der Waals surface area contributed by atoms with Crippen molar-refractivity contribution in [2.45, 2.75) is 19.0 Å². The van der Waals surface area contributed by atoms with Gasteiger partial charge in [-0.3, -0.25) is 0 Å². The molecule has 1 heterocycles. The first kappa shape index (κ1) is 17.0. The van der Waals surface area contributed by atoms with Gasteiger partial charge in [0.2, 0.25) is 0 Å². The lowest BCUT2D eigenvalue weighted by molar-refractivity contribution is -0.174. The van der Waals surface area contributed by atoms with Crippen LogP contribution >= 0.6 is 11.6 Å². The van der Waals surface area contributed by atoms with E-state index in [9.17, 15) is 13.2 Å². The molecule has 19 heavy (non-hydrogen) atoms. The molecule has 0 aromatic rings. The lowest BCUT2D eigenvalue weighted by atomic mass is 10.3. The van der Waals surface area contributed by atoms with Gasteiger partial charge in [0.25, 0.3) is 0 Å². The van der Waals surface area contributed by atoms with Crippen LogP contribution in [0.1, 0.15) is 12.8 Å². The first-order chi connectivity index (χ1) is 9.01. The van der Waals surface area contributed by atoms with E-state index in [2.05, 4.69) is 14.5 Å². The molecule has 0 saturated carbocycles. The zero-order chi connectivity index (χ0) is 14.1. The molecule has 0 unspecified atom stereocenters. The van der Waals surface area contributed by atoms with Gasteiger partial charge < -0.3 is 14.5 Å². The third-order valence-electron chi connectivity index (χ3n) is 3.11. The number of hydrogen-bond acceptors (Lipinski definition) is 3. The SMILES string of the molecule is FC(F)(F)COCCCN1CCCN(CCCl)CC1. The number of nitrogens with zero attached hydrogens (tertiary/aromatic N) is 2. The molecule has 0 aliphatic carbocycles. The summed E-state index contributed by atoms with van der Waals surface area (Å²) in [5.41, 5.74) is 0. The summed E-state index contributed by atoms with van der Waals surface area (Å²) in [6.45, 7) is 4.71. The van der Waals surface area contributed by atoms with E-state index in [-0.39, 0.29) is 6.61 Å². The molecule has 3 nitrogen and oxygen atoms in total. The third kappa shape index (κ3) is 8.68. The Bertz CT molecular complexity index is 242. The number of halogens is 4. The topological polar surface area (TPSA) is 15.7 Å². The van der Waals surface area contributed by atoms with Crippen molar-refractivity contribution in [1.82, 2.24) is 9.80 Å². The molecule has 0 N–H and O–H groups in total. The van der Waals surface area contributed by atoms with E-state index in [0.29, 0.717) is 12.3 Å². The fraction of sp³-hybridized carbons (Fsp3) is 1.00. The number of hydrogen-bond donors (Lipinski definition) is 0. The second-order valence-electron chi connectivity index (χ2n) is 4.75. The van der Waals surface area contributed by atoms with Gasteiger partial charge in [0.05, 0.1) is 0 Å². The fourth-order valence-electron chi connectivity index (χ4n) is 2.17. The van der Waals surface area contributed by atoms with E-state index in [1.54, 1.807) is 0 Å². The van der Waals surface area contributed by atoms with Crippen LogP contribution < -0.4 is 0 Å². The lowest BCUT2D eigenvalue weighted by Gasteiger charge is -2.21. The summed E-state index contributed by atoms with van der Waals surface area (Å²) in [6, 6.07) is 0. The molecule has 0 spiro atoms. The lowest BCUT2D eigenvalue weighted by Crippen LogP contribution is -2.32. The summed E-state index contributed by atoms with van der Waals surface area (Å²) in [6.07, 6.45) is -2.49. The molecule has 1 saturated heterocycles. The third-order valence-corrected chi connectivity index (χ3v) is 3.28. The molecule has 1 aliphatic heterocycles. The molecule has 0 radical (unpaired) electrons. The highest BCUT2D eigenvalue weighted by atomic mass is 35.5. The van der Waals surface area contributed by atoms with Gasteiger partial charge >= 0.3 is 6.18 Å². The molecule has 114 valence electrons. The quantitative estimate of drug-likeness (QED) is 0.530. The van der Waals surface area contributed by atoms with Crippen molar-refractivity contribution in [3.63, 3.8) is 0 Å². The molecule has 0 bridgehead atoms. The smallest absolute Gasteiger partial charge is 0.372 e. The molecule has 0 atom stereocenters. The van der Waals surface area contributed by atoms with Crippen molar-refractivity contribution in [2.75, 3.05) is 58.4 Å². The van der Waals surface area contributed by atoms with Crippen molar-refractivity contribution in [2.24, 2.45) is 0 Å². The van der Waals surface area contributed by atoms with Crippen LogP contribution in [-0.4, -0.2) is 74.3 Å². The second-order valence-corrected chi connectivity index (χ2v) is 5.13. The Morgan fingerprint density at radius 1 is 1.00 bits per heavy atom. The van der Waals surface area contributed by atoms with Crippen molar-refractivity contribution in [1.29, 1.82) is 0 Å². The van der Waals surface area contributed by atoms with Crippen molar-refractivity contribution in [3.05, 3.63) is 0 Å². The van der Waals surface area contributed by atoms with Crippen LogP contribution in [0, 0.1) is 0 Å². The van der Waals surface area contributed by atoms with E-state index in [0.717, 1.165) is 45.7 Å². The molecular weight excluding hydrogens is 281 g/mol. The molecule has 0 amide bonds. The minimum Gasteiger partial charge on any atom is -0.372 e. The van der Waals surface area contributed by atoms with Crippen LogP contribution in [0.15, 0.2) is 0 Å². The Labute approximate surface area is 117 Å². The van der Waals surface area contributed by atoms with Crippen LogP contribution in [0.5, 0.6) is 0 Å². The standard InChI is InChI=1S/C12H22ClF3N2O/c13-3-7-18-5-1-4-17(8-9-18)6-2-10-19-11-12(14,15)16/h1-11H2. The molecule has 0 aromatic carbocycles. The molecular formula is C12H22ClF3N2O. The second kappa shape index (κ2) is 9.00. The number of ether oxygens (including phenoxy) is 1. The van der Waals surface area contributed by atoms with Crippen LogP contribution in [0.2, 0.25) is 0 Å². The largest absolute Gasteiger partial charge is 0.411 e. The van der Waals surface area contributed by atoms with Gasteiger partial charge in [0, 0.05) is 38.7 Å². The van der Waals surface area contributed by atoms with E-state index < -0.39 is 12.8 Å². The van der Waals surface area contributed by atoms with Crippen molar-refractivity contribution < 1.29 is 17.9 Å². The maximum absolute atomic E-state index is 11.9. The van der Waals surface area contributed by atoms with Gasteiger partial charge in [-0.25, -0.2) is 0 Å². The summed E-state index contributed by atoms with van der Waals surface area (Å²) in [7, 11) is 0. The highest BCUT2D eigenvalue weighted by Gasteiger charge is 2.27. The van der Waals surface area contributed by atoms with Crippen LogP contribution in [-0.2, 0) is 4.74 Å². The average molecular weight is 303 g/mol. The Kier molecular flexibility index (Phi) is 8.06. The van der Waals surface area contributed by atoms with Gasteiger partial charge in [0.15, 0.2) is 0 Å². The van der Waals surface area contributed by atoms with E-state index >= 15 is 0 Å². The molecule has 1 rings (SSSR count). The molecule has 1 aliphatic rings. The van der Waals surface area contributed by atoms with E-state index in [1.807, 2.05) is 0 Å². The predicted molar refractivity (Wildman–Crippen MR) is 69.7 cm³/mol. The van der Waals surface area contributed by atoms with Crippen LogP contribution in [0.3, 0.4) is 0 Å². The predicted octanol–water partition coefficient (Wildman–Crippen LogP) is 2.20. The molecule has 1 fully saturated rings. The highest BCUT2D eigenvalue weighted by molar-refractivity contribution is 6.18. The first-order valence-corrected chi connectivity index (χ1v) is 7.20. The van der Waals surface area contributed by atoms with Crippen molar-refractivity contribution >= 4 is 11.6 Å². The van der Waals surface area contributed by atoms with Gasteiger partial charge in [-0.2, -0.15) is 13.2 Å². The molecule has 7 heteroatoms. The van der Waals surface area contributed by atoms with Gasteiger partial charge in [0.1, 0.15) is 6.61 Å². The zero-order valence-electron chi connectivity index (χ0n) is 11.1. The first-order valence-electron chi connectivity index (χ1n) is 6.66. The zero-order valence-corrected chi connectivity index (χ0v) is 11.8. The van der Waals surface area contributed by atoms with E-state index in [4.69, 9.17) is 11.6 Å². The minimum absolute atomic E-state index is 0.168. The molecule has 0 aromatic heterocycles. The monoisotopic (exact) mass is 302 g/mol. The Morgan fingerprint density at radius 3 is 2.21 bits per heavy atom. The summed E-state index contributed by atoms with van der Waals surface area (Å²) >= 11 is 5.72. The highest BCUT2D eigenvalue weighted by Crippen LogP contribution is 2.14. The number of rotatable bonds is 7. The maximum Gasteiger partial charge on any atom is 0.411 e. The minimum atomic E-state index is -4.22. The summed E-state index contributed by atoms with van der Waals surface area (Å²) < 4.78 is 40.2. The van der Waals surface area contributed by atoms with Gasteiger partial charge in [-0.1, -0.05) is 0 Å². The fourth-order valence-corrected chi connectivity index (χ4v) is 2.41. The van der Waals surface area contributed by atoms with Gasteiger partial charge in [-0.05, 0) is 25.9 Å². The Hall–Kier alpha value is -0.0400. The maximum atomic E-state index is 11.9. The average Bonchev–Trinajstić information content (AvgIpc) is 2.54. The van der Waals surface area contributed by atoms with E-state index in [1.165, 1.54) is 0 Å². The van der Waals surface area contributed by atoms with Crippen LogP contribution in [0.4, 0.5) is 13.2 Å². The summed E-state index contributed by atoms with van der Waals surface area (Å²) in [5.74, 6) is 0.644. The summed E-state index contributed by atoms with van der Waals surface area (Å²) in [4.78, 5) is 4.61. The Morgan fingerprint density at radius 2 is 1.63 bits per heavy atom. The van der Waals surface area contributed by atoms with Crippen LogP contribution in [0.25, 0.3) is 0 Å². The summed E-state index contributed by atoms with van der Waals surface area (Å²) in [5, 5.41) is 0. The van der Waals surface area contributed by atoms with Gasteiger partial charge in [-0.15, -0.1) is 11.6 Å². The normalized spacial score (nSPS) is 19.6. The Balaban J connectivity index is 2.06.